The molecule has 1 fully saturated rings. The van der Waals surface area contributed by atoms with Crippen molar-refractivity contribution in [2.75, 3.05) is 32.8 Å². The van der Waals surface area contributed by atoms with Gasteiger partial charge >= 0.3 is 0 Å². The molecule has 1 N–H and O–H groups in total. The van der Waals surface area contributed by atoms with E-state index in [-0.39, 0.29) is 11.5 Å². The normalized spacial score (nSPS) is 19.6. The minimum atomic E-state index is -0.137. The number of amides is 1. The maximum absolute atomic E-state index is 12.1. The number of morpholine rings is 1. The van der Waals surface area contributed by atoms with Crippen LogP contribution in [-0.2, 0) is 22.5 Å². The first-order chi connectivity index (χ1) is 10.6. The minimum absolute atomic E-state index is 0.136. The highest BCUT2D eigenvalue weighted by molar-refractivity contribution is 5.78. The Hall–Kier alpha value is -1.59. The van der Waals surface area contributed by atoms with E-state index in [4.69, 9.17) is 9.47 Å². The first-order valence-electron chi connectivity index (χ1n) is 7.91. The van der Waals surface area contributed by atoms with Crippen LogP contribution in [0.3, 0.4) is 0 Å². The van der Waals surface area contributed by atoms with Crippen molar-refractivity contribution in [3.63, 3.8) is 0 Å². The fraction of sp³-hybridized carbons (Fsp3) is 0.588. The Morgan fingerprint density at radius 3 is 2.86 bits per heavy atom. The van der Waals surface area contributed by atoms with Gasteiger partial charge in [-0.3, -0.25) is 4.79 Å². The molecule has 1 aromatic rings. The van der Waals surface area contributed by atoms with E-state index in [0.717, 1.165) is 17.7 Å². The fourth-order valence-electron chi connectivity index (χ4n) is 3.05. The third-order valence-corrected chi connectivity index (χ3v) is 4.13. The minimum Gasteiger partial charge on any atom is -0.487 e. The zero-order chi connectivity index (χ0) is 15.6. The van der Waals surface area contributed by atoms with Crippen LogP contribution in [0.2, 0.25) is 0 Å². The Bertz CT molecular complexity index is 551. The highest BCUT2D eigenvalue weighted by Gasteiger charge is 2.31. The lowest BCUT2D eigenvalue weighted by Crippen LogP contribution is -2.44. The van der Waals surface area contributed by atoms with Crippen LogP contribution >= 0.6 is 0 Å². The highest BCUT2D eigenvalue weighted by Crippen LogP contribution is 2.37. The Morgan fingerprint density at radius 1 is 1.32 bits per heavy atom. The van der Waals surface area contributed by atoms with Gasteiger partial charge in [0.1, 0.15) is 11.4 Å². The molecule has 0 atom stereocenters. The highest BCUT2D eigenvalue weighted by atomic mass is 16.5. The molecule has 5 nitrogen and oxygen atoms in total. The molecule has 0 spiro atoms. The zero-order valence-corrected chi connectivity index (χ0v) is 13.4. The van der Waals surface area contributed by atoms with E-state index in [1.807, 2.05) is 4.90 Å². The summed E-state index contributed by atoms with van der Waals surface area (Å²) in [6.45, 7) is 7.87. The second-order valence-corrected chi connectivity index (χ2v) is 6.54. The van der Waals surface area contributed by atoms with Gasteiger partial charge in [0, 0.05) is 31.6 Å². The van der Waals surface area contributed by atoms with Crippen molar-refractivity contribution >= 4 is 5.91 Å². The summed E-state index contributed by atoms with van der Waals surface area (Å²) in [6.07, 6.45) is 0.933. The van der Waals surface area contributed by atoms with E-state index < -0.39 is 0 Å². The van der Waals surface area contributed by atoms with Gasteiger partial charge in [-0.2, -0.15) is 0 Å². The molecule has 1 amide bonds. The number of carbonyl (C=O) groups is 1. The lowest BCUT2D eigenvalue weighted by Gasteiger charge is -2.27. The lowest BCUT2D eigenvalue weighted by molar-refractivity contribution is -0.134. The molecule has 0 aromatic heterocycles. The lowest BCUT2D eigenvalue weighted by atomic mass is 10.0. The van der Waals surface area contributed by atoms with E-state index >= 15 is 0 Å². The maximum Gasteiger partial charge on any atom is 0.236 e. The zero-order valence-electron chi connectivity index (χ0n) is 13.4. The summed E-state index contributed by atoms with van der Waals surface area (Å²) in [5.41, 5.74) is 2.24. The SMILES string of the molecule is CC1(C)Cc2cccc(CNCC(=O)N3CCOCC3)c2O1. The van der Waals surface area contributed by atoms with Crippen molar-refractivity contribution in [3.05, 3.63) is 29.3 Å². The van der Waals surface area contributed by atoms with Gasteiger partial charge in [-0.1, -0.05) is 18.2 Å². The number of nitrogens with zero attached hydrogens (tertiary/aromatic N) is 1. The van der Waals surface area contributed by atoms with E-state index in [1.54, 1.807) is 0 Å². The van der Waals surface area contributed by atoms with E-state index in [9.17, 15) is 4.79 Å². The van der Waals surface area contributed by atoms with Gasteiger partial charge < -0.3 is 19.7 Å². The van der Waals surface area contributed by atoms with Crippen LogP contribution < -0.4 is 10.1 Å². The van der Waals surface area contributed by atoms with Crippen molar-refractivity contribution in [2.45, 2.75) is 32.4 Å². The molecule has 2 aliphatic rings. The summed E-state index contributed by atoms with van der Waals surface area (Å²) in [4.78, 5) is 14.0. The molecule has 22 heavy (non-hydrogen) atoms. The molecule has 0 unspecified atom stereocenters. The summed E-state index contributed by atoms with van der Waals surface area (Å²) >= 11 is 0. The number of hydrogen-bond donors (Lipinski definition) is 1. The number of hydrogen-bond acceptors (Lipinski definition) is 4. The summed E-state index contributed by atoms with van der Waals surface area (Å²) in [5, 5.41) is 3.24. The number of benzene rings is 1. The van der Waals surface area contributed by atoms with Gasteiger partial charge in [0.2, 0.25) is 5.91 Å². The van der Waals surface area contributed by atoms with Crippen molar-refractivity contribution in [2.24, 2.45) is 0 Å². The van der Waals surface area contributed by atoms with Crippen LogP contribution in [0.1, 0.15) is 25.0 Å². The third kappa shape index (κ3) is 3.42. The van der Waals surface area contributed by atoms with E-state index in [1.165, 1.54) is 5.56 Å². The van der Waals surface area contributed by atoms with Gasteiger partial charge in [-0.15, -0.1) is 0 Å². The van der Waals surface area contributed by atoms with Crippen LogP contribution in [0.4, 0.5) is 0 Å². The number of fused-ring (bicyclic) bond motifs is 1. The molecule has 0 bridgehead atoms. The maximum atomic E-state index is 12.1. The molecule has 120 valence electrons. The average molecular weight is 304 g/mol. The molecule has 1 saturated heterocycles. The second kappa shape index (κ2) is 6.26. The molecule has 0 radical (unpaired) electrons. The average Bonchev–Trinajstić information content (AvgIpc) is 2.83. The van der Waals surface area contributed by atoms with Crippen molar-refractivity contribution in [1.29, 1.82) is 0 Å². The van der Waals surface area contributed by atoms with E-state index in [2.05, 4.69) is 37.4 Å². The monoisotopic (exact) mass is 304 g/mol. The smallest absolute Gasteiger partial charge is 0.236 e. The summed E-state index contributed by atoms with van der Waals surface area (Å²) < 4.78 is 11.3. The van der Waals surface area contributed by atoms with Crippen LogP contribution in [0.5, 0.6) is 5.75 Å². The molecule has 3 rings (SSSR count). The number of ether oxygens (including phenoxy) is 2. The predicted octanol–water partition coefficient (Wildman–Crippen LogP) is 1.35. The fourth-order valence-corrected chi connectivity index (χ4v) is 3.05. The molecule has 0 aliphatic carbocycles. The summed E-state index contributed by atoms with van der Waals surface area (Å²) in [5.74, 6) is 1.12. The molecule has 5 heteroatoms. The number of para-hydroxylation sites is 1. The first kappa shape index (κ1) is 15.3. The molecule has 2 aliphatic heterocycles. The number of rotatable bonds is 4. The van der Waals surface area contributed by atoms with Crippen LogP contribution in [0.15, 0.2) is 18.2 Å². The summed E-state index contributed by atoms with van der Waals surface area (Å²) in [6, 6.07) is 6.24. The Labute approximate surface area is 131 Å². The van der Waals surface area contributed by atoms with Crippen LogP contribution in [0.25, 0.3) is 0 Å². The number of carbonyl (C=O) groups excluding carboxylic acids is 1. The third-order valence-electron chi connectivity index (χ3n) is 4.13. The van der Waals surface area contributed by atoms with Crippen LogP contribution in [0, 0.1) is 0 Å². The second-order valence-electron chi connectivity index (χ2n) is 6.54. The molecule has 1 aromatic carbocycles. The largest absolute Gasteiger partial charge is 0.487 e. The Balaban J connectivity index is 1.55. The first-order valence-corrected chi connectivity index (χ1v) is 7.91. The van der Waals surface area contributed by atoms with Gasteiger partial charge in [-0.25, -0.2) is 0 Å². The van der Waals surface area contributed by atoms with Gasteiger partial charge in [-0.05, 0) is 19.4 Å². The van der Waals surface area contributed by atoms with Gasteiger partial charge in [0.05, 0.1) is 19.8 Å². The molecule has 2 heterocycles. The van der Waals surface area contributed by atoms with Gasteiger partial charge in [0.25, 0.3) is 0 Å². The molecular weight excluding hydrogens is 280 g/mol. The van der Waals surface area contributed by atoms with Crippen molar-refractivity contribution in [1.82, 2.24) is 10.2 Å². The summed E-state index contributed by atoms with van der Waals surface area (Å²) in [7, 11) is 0. The standard InChI is InChI=1S/C17H24N2O3/c1-17(2)10-13-4-3-5-14(16(13)22-17)11-18-12-15(20)19-6-8-21-9-7-19/h3-5,18H,6-12H2,1-2H3. The molecule has 0 saturated carbocycles. The predicted molar refractivity (Wildman–Crippen MR) is 84.0 cm³/mol. The quantitative estimate of drug-likeness (QED) is 0.912. The molecular formula is C17H24N2O3. The van der Waals surface area contributed by atoms with Crippen molar-refractivity contribution < 1.29 is 14.3 Å². The number of nitrogens with one attached hydrogen (secondary N) is 1. The van der Waals surface area contributed by atoms with E-state index in [0.29, 0.717) is 39.4 Å². The van der Waals surface area contributed by atoms with Gasteiger partial charge in [0.15, 0.2) is 0 Å². The Kier molecular flexibility index (Phi) is 4.36. The van der Waals surface area contributed by atoms with Crippen molar-refractivity contribution in [3.8, 4) is 5.75 Å². The van der Waals surface area contributed by atoms with Crippen LogP contribution in [-0.4, -0.2) is 49.3 Å². The topological polar surface area (TPSA) is 50.8 Å². The Morgan fingerprint density at radius 2 is 2.09 bits per heavy atom.